The van der Waals surface area contributed by atoms with Crippen LogP contribution in [0.5, 0.6) is 0 Å². The minimum absolute atomic E-state index is 0.0251. The molecular weight excluding hydrogens is 575 g/mol. The van der Waals surface area contributed by atoms with Crippen molar-refractivity contribution in [3.63, 3.8) is 0 Å². The summed E-state index contributed by atoms with van der Waals surface area (Å²) in [5, 5.41) is 10.0. The highest BCUT2D eigenvalue weighted by molar-refractivity contribution is 5.03. The summed E-state index contributed by atoms with van der Waals surface area (Å²) >= 11 is 0. The van der Waals surface area contributed by atoms with Crippen LogP contribution in [-0.4, -0.2) is 44.9 Å². The smallest absolute Gasteiger partial charge is 0.333 e. The van der Waals surface area contributed by atoms with Crippen LogP contribution < -0.4 is 11.2 Å². The Morgan fingerprint density at radius 1 is 0.956 bits per heavy atom. The van der Waals surface area contributed by atoms with Gasteiger partial charge in [-0.05, 0) is 37.5 Å². The van der Waals surface area contributed by atoms with Gasteiger partial charge in [0.15, 0.2) is 12.0 Å². The van der Waals surface area contributed by atoms with Crippen LogP contribution in [0.25, 0.3) is 0 Å². The lowest BCUT2D eigenvalue weighted by Gasteiger charge is -2.31. The summed E-state index contributed by atoms with van der Waals surface area (Å²) in [4.78, 5) is 26.3. The average molecular weight is 637 g/mol. The Balaban J connectivity index is 1.59. The Morgan fingerprint density at radius 2 is 1.53 bits per heavy atom. The van der Waals surface area contributed by atoms with Gasteiger partial charge in [-0.15, -0.1) is 0 Å². The normalized spacial score (nSPS) is 24.4. The van der Waals surface area contributed by atoms with Crippen molar-refractivity contribution in [3.05, 3.63) is 44.5 Å². The van der Waals surface area contributed by atoms with Crippen LogP contribution in [0.2, 0.25) is 0 Å². The molecular formula is C36H61FN2O6. The van der Waals surface area contributed by atoms with Crippen molar-refractivity contribution in [1.82, 2.24) is 9.13 Å². The number of hydrogen-bond acceptors (Lipinski definition) is 6. The van der Waals surface area contributed by atoms with Gasteiger partial charge < -0.3 is 19.3 Å². The van der Waals surface area contributed by atoms with E-state index in [4.69, 9.17) is 14.2 Å². The van der Waals surface area contributed by atoms with Gasteiger partial charge in [-0.1, -0.05) is 111 Å². The molecule has 0 spiro atoms. The number of allylic oxidation sites excluding steroid dienone is 2. The summed E-state index contributed by atoms with van der Waals surface area (Å²) in [7, 11) is 0. The average Bonchev–Trinajstić information content (AvgIpc) is 3.50. The number of aliphatic hydroxyl groups excluding tert-OH is 1. The maximum absolute atomic E-state index is 15.0. The van der Waals surface area contributed by atoms with Gasteiger partial charge in [-0.3, -0.25) is 13.9 Å². The van der Waals surface area contributed by atoms with E-state index in [1.165, 1.54) is 38.5 Å². The van der Waals surface area contributed by atoms with Crippen molar-refractivity contribution >= 4 is 0 Å². The van der Waals surface area contributed by atoms with Crippen molar-refractivity contribution in [2.24, 2.45) is 17.8 Å². The van der Waals surface area contributed by atoms with Crippen molar-refractivity contribution in [3.8, 4) is 0 Å². The summed E-state index contributed by atoms with van der Waals surface area (Å²) in [5.41, 5.74) is -0.570. The van der Waals surface area contributed by atoms with E-state index in [1.54, 1.807) is 0 Å². The predicted octanol–water partition coefficient (Wildman–Crippen LogP) is 7.50. The molecule has 0 saturated carbocycles. The van der Waals surface area contributed by atoms with Gasteiger partial charge in [0.05, 0.1) is 12.8 Å². The first-order valence-corrected chi connectivity index (χ1v) is 17.7. The number of aliphatic hydroxyl groups is 1. The highest BCUT2D eigenvalue weighted by Crippen LogP contribution is 2.46. The summed E-state index contributed by atoms with van der Waals surface area (Å²) in [6.45, 7) is 15.0. The quantitative estimate of drug-likeness (QED) is 0.149. The molecule has 1 aromatic heterocycles. The second-order valence-corrected chi connectivity index (χ2v) is 14.3. The standard InChI is InChI=1S/C36H61FN2O6/c1-8-20-36(21-9-2)44-31-30(24-40)43-34(32(31)45-36)39-23-29(37)33(41)38(35(39)42)22-19-28(7)18-12-17-27(6)16-11-15-26(5)14-10-13-25(3)4/h19,23,25-27,30-32,34,40H,8-18,20-22,24H2,1-7H3/b28-19+/t26-,27-,30-,31-,32-,34-/m1/s1. The van der Waals surface area contributed by atoms with Crippen LogP contribution >= 0.6 is 0 Å². The summed E-state index contributed by atoms with van der Waals surface area (Å²) in [6, 6.07) is 0. The number of rotatable bonds is 20. The Kier molecular flexibility index (Phi) is 15.0. The summed E-state index contributed by atoms with van der Waals surface area (Å²) in [6.07, 6.45) is 13.5. The molecule has 0 unspecified atom stereocenters. The Bertz CT molecular complexity index is 1190. The van der Waals surface area contributed by atoms with Gasteiger partial charge in [-0.2, -0.15) is 4.39 Å². The fourth-order valence-corrected chi connectivity index (χ4v) is 6.98. The fraction of sp³-hybridized carbons (Fsp3) is 0.833. The Labute approximate surface area is 270 Å². The number of hydrogen-bond donors (Lipinski definition) is 1. The molecule has 1 N–H and O–H groups in total. The third kappa shape index (κ3) is 10.3. The zero-order valence-electron chi connectivity index (χ0n) is 29.1. The first-order chi connectivity index (χ1) is 21.4. The lowest BCUT2D eigenvalue weighted by Crippen LogP contribution is -2.44. The third-order valence-electron chi connectivity index (χ3n) is 9.62. The van der Waals surface area contributed by atoms with Gasteiger partial charge in [0.25, 0.3) is 5.56 Å². The summed E-state index contributed by atoms with van der Waals surface area (Å²) < 4.78 is 35.7. The maximum atomic E-state index is 15.0. The van der Waals surface area contributed by atoms with E-state index in [0.29, 0.717) is 18.8 Å². The van der Waals surface area contributed by atoms with E-state index in [-0.39, 0.29) is 13.2 Å². The first-order valence-electron chi connectivity index (χ1n) is 17.7. The lowest BCUT2D eigenvalue weighted by atomic mass is 9.91. The predicted molar refractivity (Wildman–Crippen MR) is 177 cm³/mol. The molecule has 2 fully saturated rings. The molecule has 8 nitrogen and oxygen atoms in total. The Morgan fingerprint density at radius 3 is 2.11 bits per heavy atom. The number of aromatic nitrogens is 2. The van der Waals surface area contributed by atoms with Crippen LogP contribution in [0, 0.1) is 23.6 Å². The van der Waals surface area contributed by atoms with Gasteiger partial charge in [0, 0.05) is 19.4 Å². The zero-order chi connectivity index (χ0) is 33.1. The van der Waals surface area contributed by atoms with Crippen molar-refractivity contribution < 1.29 is 23.7 Å². The topological polar surface area (TPSA) is 91.9 Å². The maximum Gasteiger partial charge on any atom is 0.333 e. The Hall–Kier alpha value is -1.81. The molecule has 258 valence electrons. The fourth-order valence-electron chi connectivity index (χ4n) is 6.98. The third-order valence-corrected chi connectivity index (χ3v) is 9.62. The molecule has 3 rings (SSSR count). The second kappa shape index (κ2) is 17.9. The number of ether oxygens (including phenoxy) is 3. The zero-order valence-corrected chi connectivity index (χ0v) is 29.1. The minimum Gasteiger partial charge on any atom is -0.394 e. The first kappa shape index (κ1) is 37.6. The van der Waals surface area contributed by atoms with Gasteiger partial charge >= 0.3 is 5.69 Å². The molecule has 0 radical (unpaired) electrons. The monoisotopic (exact) mass is 636 g/mol. The number of fused-ring (bicyclic) bond motifs is 1. The van der Waals surface area contributed by atoms with Crippen LogP contribution in [0.15, 0.2) is 27.4 Å². The van der Waals surface area contributed by atoms with Crippen molar-refractivity contribution in [2.75, 3.05) is 6.61 Å². The minimum atomic E-state index is -1.04. The molecule has 2 aliphatic heterocycles. The number of halogens is 1. The van der Waals surface area contributed by atoms with Gasteiger partial charge in [0.1, 0.15) is 18.3 Å². The van der Waals surface area contributed by atoms with Crippen LogP contribution in [-0.2, 0) is 20.8 Å². The van der Waals surface area contributed by atoms with Crippen molar-refractivity contribution in [1.29, 1.82) is 0 Å². The van der Waals surface area contributed by atoms with E-state index < -0.39 is 47.4 Å². The van der Waals surface area contributed by atoms with Gasteiger partial charge in [0.2, 0.25) is 5.82 Å². The summed E-state index contributed by atoms with van der Waals surface area (Å²) in [5.74, 6) is 0.367. The molecule has 9 heteroatoms. The molecule has 0 amide bonds. The molecule has 0 aromatic carbocycles. The van der Waals surface area contributed by atoms with Crippen LogP contribution in [0.4, 0.5) is 4.39 Å². The van der Waals surface area contributed by atoms with E-state index in [2.05, 4.69) is 27.7 Å². The molecule has 3 heterocycles. The molecule has 45 heavy (non-hydrogen) atoms. The highest BCUT2D eigenvalue weighted by Gasteiger charge is 2.58. The molecule has 2 aliphatic rings. The van der Waals surface area contributed by atoms with E-state index in [9.17, 15) is 19.1 Å². The SMILES string of the molecule is CCCC1(CCC)O[C@@H]2[C@H](O1)[C@@H](CO)O[C@H]2n1cc(F)c(=O)n(C/C=C(\C)CCC[C@H](C)CCC[C@H](C)CCCC(C)C)c1=O. The van der Waals surface area contributed by atoms with Crippen LogP contribution in [0.1, 0.15) is 138 Å². The van der Waals surface area contributed by atoms with E-state index in [1.807, 2.05) is 26.8 Å². The molecule has 0 aliphatic carbocycles. The lowest BCUT2D eigenvalue weighted by molar-refractivity contribution is -0.227. The second-order valence-electron chi connectivity index (χ2n) is 14.3. The van der Waals surface area contributed by atoms with Gasteiger partial charge in [-0.25, -0.2) is 4.79 Å². The molecule has 6 atom stereocenters. The van der Waals surface area contributed by atoms with E-state index in [0.717, 1.165) is 64.8 Å². The largest absolute Gasteiger partial charge is 0.394 e. The van der Waals surface area contributed by atoms with Crippen LogP contribution in [0.3, 0.4) is 0 Å². The van der Waals surface area contributed by atoms with E-state index >= 15 is 0 Å². The van der Waals surface area contributed by atoms with Crippen molar-refractivity contribution in [2.45, 2.75) is 169 Å². The molecule has 1 aromatic rings. The molecule has 0 bridgehead atoms. The highest BCUT2D eigenvalue weighted by atomic mass is 19.1. The number of nitrogens with zero attached hydrogens (tertiary/aromatic N) is 2. The molecule has 2 saturated heterocycles.